The molecule has 0 aromatic carbocycles. The van der Waals surface area contributed by atoms with Crippen molar-refractivity contribution in [3.63, 3.8) is 0 Å². The molecular weight excluding hydrogens is 310 g/mol. The summed E-state index contributed by atoms with van der Waals surface area (Å²) in [6.07, 6.45) is 7.80. The molecule has 0 radical (unpaired) electrons. The summed E-state index contributed by atoms with van der Waals surface area (Å²) in [5, 5.41) is 10.4. The van der Waals surface area contributed by atoms with E-state index in [0.29, 0.717) is 24.2 Å². The maximum atomic E-state index is 10.4. The zero-order chi connectivity index (χ0) is 16.0. The molecule has 0 spiro atoms. The van der Waals surface area contributed by atoms with Gasteiger partial charge in [-0.05, 0) is 62.3 Å². The number of piperidine rings is 1. The summed E-state index contributed by atoms with van der Waals surface area (Å²) in [6.45, 7) is 11.8. The van der Waals surface area contributed by atoms with Crippen LogP contribution in [-0.2, 0) is 4.74 Å². The Morgan fingerprint density at radius 3 is 2.57 bits per heavy atom. The van der Waals surface area contributed by atoms with Gasteiger partial charge < -0.3 is 9.84 Å². The minimum atomic E-state index is -0.348. The summed E-state index contributed by atoms with van der Waals surface area (Å²) in [7, 11) is 0. The van der Waals surface area contributed by atoms with E-state index in [0.717, 1.165) is 19.0 Å². The standard InChI is InChI=1S/C19H35NO2.ClH/c1-14-7-5-6-10-20(14)12-16(21)13-22-17-18(2,3)15-8-9-19(17,4)11-15;/h14-17,21H,5-13H2,1-4H3;1H. The molecule has 0 amide bonds. The number of halogens is 1. The maximum absolute atomic E-state index is 10.4. The number of nitrogens with zero attached hydrogens (tertiary/aromatic N) is 1. The Morgan fingerprint density at radius 1 is 1.22 bits per heavy atom. The number of aliphatic hydroxyl groups excluding tert-OH is 1. The second kappa shape index (κ2) is 7.19. The second-order valence-electron chi connectivity index (χ2n) is 9.12. The smallest absolute Gasteiger partial charge is 0.0900 e. The molecule has 5 unspecified atom stereocenters. The summed E-state index contributed by atoms with van der Waals surface area (Å²) in [5.74, 6) is 0.807. The molecule has 23 heavy (non-hydrogen) atoms. The van der Waals surface area contributed by atoms with E-state index in [-0.39, 0.29) is 23.9 Å². The van der Waals surface area contributed by atoms with Gasteiger partial charge in [0, 0.05) is 12.6 Å². The summed E-state index contributed by atoms with van der Waals surface area (Å²) >= 11 is 0. The predicted molar refractivity (Wildman–Crippen MR) is 97.1 cm³/mol. The van der Waals surface area contributed by atoms with Crippen molar-refractivity contribution in [3.05, 3.63) is 0 Å². The monoisotopic (exact) mass is 345 g/mol. The number of rotatable bonds is 5. The van der Waals surface area contributed by atoms with Crippen LogP contribution in [0.3, 0.4) is 0 Å². The van der Waals surface area contributed by atoms with E-state index < -0.39 is 0 Å². The fourth-order valence-corrected chi connectivity index (χ4v) is 5.63. The van der Waals surface area contributed by atoms with Crippen molar-refractivity contribution < 1.29 is 9.84 Å². The average molecular weight is 346 g/mol. The Morgan fingerprint density at radius 2 is 1.96 bits per heavy atom. The van der Waals surface area contributed by atoms with Crippen LogP contribution in [0, 0.1) is 16.7 Å². The summed E-state index contributed by atoms with van der Waals surface area (Å²) < 4.78 is 6.32. The van der Waals surface area contributed by atoms with E-state index in [4.69, 9.17) is 4.74 Å². The highest BCUT2D eigenvalue weighted by molar-refractivity contribution is 5.85. The molecule has 1 heterocycles. The molecule has 1 aliphatic heterocycles. The highest BCUT2D eigenvalue weighted by Crippen LogP contribution is 2.63. The average Bonchev–Trinajstić information content (AvgIpc) is 2.92. The molecular formula is C19H36ClNO2. The first-order valence-corrected chi connectivity index (χ1v) is 9.36. The first-order valence-electron chi connectivity index (χ1n) is 9.36. The van der Waals surface area contributed by atoms with E-state index in [9.17, 15) is 5.11 Å². The molecule has 0 aromatic heterocycles. The summed E-state index contributed by atoms with van der Waals surface area (Å²) in [5.41, 5.74) is 0.609. The third-order valence-corrected chi connectivity index (χ3v) is 6.98. The van der Waals surface area contributed by atoms with Gasteiger partial charge in [-0.15, -0.1) is 12.4 Å². The quantitative estimate of drug-likeness (QED) is 0.820. The zero-order valence-corrected chi connectivity index (χ0v) is 16.2. The highest BCUT2D eigenvalue weighted by Gasteiger charge is 2.60. The van der Waals surface area contributed by atoms with Crippen molar-refractivity contribution in [2.75, 3.05) is 19.7 Å². The number of likely N-dealkylation sites (tertiary alicyclic amines) is 1. The fraction of sp³-hybridized carbons (Fsp3) is 1.00. The van der Waals surface area contributed by atoms with Crippen LogP contribution >= 0.6 is 12.4 Å². The molecule has 5 atom stereocenters. The van der Waals surface area contributed by atoms with Gasteiger partial charge >= 0.3 is 0 Å². The third kappa shape index (κ3) is 3.73. The molecule has 3 nitrogen and oxygen atoms in total. The number of aliphatic hydroxyl groups is 1. The lowest BCUT2D eigenvalue weighted by molar-refractivity contribution is -0.114. The van der Waals surface area contributed by atoms with Crippen molar-refractivity contribution in [3.8, 4) is 0 Å². The Balaban J connectivity index is 0.00000192. The molecule has 3 fully saturated rings. The Labute approximate surface area is 148 Å². The number of hydrogen-bond donors (Lipinski definition) is 1. The highest BCUT2D eigenvalue weighted by atomic mass is 35.5. The van der Waals surface area contributed by atoms with Crippen molar-refractivity contribution in [1.29, 1.82) is 0 Å². The fourth-order valence-electron chi connectivity index (χ4n) is 5.63. The van der Waals surface area contributed by atoms with E-state index in [1.165, 1.54) is 38.5 Å². The van der Waals surface area contributed by atoms with E-state index in [2.05, 4.69) is 32.6 Å². The van der Waals surface area contributed by atoms with Gasteiger partial charge in [-0.2, -0.15) is 0 Å². The second-order valence-corrected chi connectivity index (χ2v) is 9.12. The minimum absolute atomic E-state index is 0. The predicted octanol–water partition coefficient (Wildman–Crippen LogP) is 3.87. The van der Waals surface area contributed by atoms with Crippen LogP contribution in [0.25, 0.3) is 0 Å². The van der Waals surface area contributed by atoms with Gasteiger partial charge in [0.25, 0.3) is 0 Å². The van der Waals surface area contributed by atoms with Gasteiger partial charge in [0.1, 0.15) is 0 Å². The Bertz CT molecular complexity index is 398. The molecule has 2 saturated carbocycles. The Hall–Kier alpha value is 0.170. The first kappa shape index (κ1) is 19.5. The van der Waals surface area contributed by atoms with Crippen LogP contribution in [0.15, 0.2) is 0 Å². The molecule has 1 N–H and O–H groups in total. The molecule has 2 bridgehead atoms. The van der Waals surface area contributed by atoms with Crippen molar-refractivity contribution >= 4 is 12.4 Å². The van der Waals surface area contributed by atoms with E-state index in [1.807, 2.05) is 0 Å². The van der Waals surface area contributed by atoms with Crippen molar-refractivity contribution in [2.45, 2.75) is 84.5 Å². The van der Waals surface area contributed by atoms with Crippen LogP contribution in [0.2, 0.25) is 0 Å². The SMILES string of the molecule is CC1CCCCN1CC(O)COC1C2(C)CCC(C2)C1(C)C.Cl. The summed E-state index contributed by atoms with van der Waals surface area (Å²) in [6, 6.07) is 0.611. The largest absolute Gasteiger partial charge is 0.389 e. The number of hydrogen-bond acceptors (Lipinski definition) is 3. The van der Waals surface area contributed by atoms with Crippen LogP contribution in [-0.4, -0.2) is 48.0 Å². The topological polar surface area (TPSA) is 32.7 Å². The number of fused-ring (bicyclic) bond motifs is 2. The Kier molecular flexibility index (Phi) is 6.10. The molecule has 3 rings (SSSR count). The first-order chi connectivity index (χ1) is 10.3. The van der Waals surface area contributed by atoms with E-state index in [1.54, 1.807) is 0 Å². The van der Waals surface area contributed by atoms with Crippen molar-refractivity contribution in [1.82, 2.24) is 4.90 Å². The van der Waals surface area contributed by atoms with Gasteiger partial charge in [-0.25, -0.2) is 0 Å². The van der Waals surface area contributed by atoms with Crippen LogP contribution in [0.5, 0.6) is 0 Å². The number of β-amino-alcohol motifs (C(OH)–C–C–N with tert-alkyl or cyclic N) is 1. The number of ether oxygens (including phenoxy) is 1. The van der Waals surface area contributed by atoms with Gasteiger partial charge in [-0.3, -0.25) is 4.90 Å². The van der Waals surface area contributed by atoms with Crippen LogP contribution < -0.4 is 0 Å². The zero-order valence-electron chi connectivity index (χ0n) is 15.4. The lowest BCUT2D eigenvalue weighted by Gasteiger charge is -2.43. The molecule has 4 heteroatoms. The molecule has 1 saturated heterocycles. The van der Waals surface area contributed by atoms with Crippen LogP contribution in [0.1, 0.15) is 66.2 Å². The van der Waals surface area contributed by atoms with Gasteiger partial charge in [0.2, 0.25) is 0 Å². The summed E-state index contributed by atoms with van der Waals surface area (Å²) in [4.78, 5) is 2.44. The molecule has 0 aromatic rings. The minimum Gasteiger partial charge on any atom is -0.389 e. The van der Waals surface area contributed by atoms with Gasteiger partial charge in [0.05, 0.1) is 18.8 Å². The lowest BCUT2D eigenvalue weighted by atomic mass is 9.70. The molecule has 3 aliphatic rings. The molecule has 136 valence electrons. The van der Waals surface area contributed by atoms with Gasteiger partial charge in [0.15, 0.2) is 0 Å². The molecule has 2 aliphatic carbocycles. The maximum Gasteiger partial charge on any atom is 0.0900 e. The van der Waals surface area contributed by atoms with E-state index >= 15 is 0 Å². The normalized spacial score (nSPS) is 40.8. The lowest BCUT2D eigenvalue weighted by Crippen LogP contribution is -2.46. The van der Waals surface area contributed by atoms with Gasteiger partial charge in [-0.1, -0.05) is 27.2 Å². The third-order valence-electron chi connectivity index (χ3n) is 6.98. The van der Waals surface area contributed by atoms with Crippen LogP contribution in [0.4, 0.5) is 0 Å². The van der Waals surface area contributed by atoms with Crippen molar-refractivity contribution in [2.24, 2.45) is 16.7 Å².